The Labute approximate surface area is 95.6 Å². The summed E-state index contributed by atoms with van der Waals surface area (Å²) < 4.78 is 1.05. The predicted octanol–water partition coefficient (Wildman–Crippen LogP) is 2.48. The van der Waals surface area contributed by atoms with E-state index in [1.807, 2.05) is 31.2 Å². The minimum absolute atomic E-state index is 0.111. The Hall–Kier alpha value is -0.480. The van der Waals surface area contributed by atoms with E-state index in [1.54, 1.807) is 11.8 Å². The van der Waals surface area contributed by atoms with Crippen LogP contribution >= 0.6 is 27.7 Å². The first-order chi connectivity index (χ1) is 6.60. The molecule has 4 heteroatoms. The standard InChI is InChI=1S/C10H10BrNOS/c1-10(12-9(13)6-14-10)7-2-4-8(11)5-3-7/h2-5H,6H2,1H3,(H,12,13)/t10-/m0/s1. The number of rotatable bonds is 1. The second kappa shape index (κ2) is 3.59. The van der Waals surface area contributed by atoms with Crippen LogP contribution in [0.15, 0.2) is 28.7 Å². The van der Waals surface area contributed by atoms with Crippen LogP contribution in [0.4, 0.5) is 0 Å². The maximum absolute atomic E-state index is 11.2. The Morgan fingerprint density at radius 1 is 1.43 bits per heavy atom. The monoisotopic (exact) mass is 271 g/mol. The second-order valence-electron chi connectivity index (χ2n) is 3.38. The SMILES string of the molecule is C[C@]1(c2ccc(Br)cc2)NC(=O)CS1. The average Bonchev–Trinajstić information content (AvgIpc) is 2.48. The molecule has 1 atom stereocenters. The highest BCUT2D eigenvalue weighted by Crippen LogP contribution is 2.37. The molecule has 0 bridgehead atoms. The number of amides is 1. The van der Waals surface area contributed by atoms with Crippen molar-refractivity contribution in [1.82, 2.24) is 5.32 Å². The number of thioether (sulfide) groups is 1. The number of halogens is 1. The number of hydrogen-bond acceptors (Lipinski definition) is 2. The fraction of sp³-hybridized carbons (Fsp3) is 0.300. The maximum atomic E-state index is 11.2. The summed E-state index contributed by atoms with van der Waals surface area (Å²) in [6.07, 6.45) is 0. The molecular weight excluding hydrogens is 262 g/mol. The van der Waals surface area contributed by atoms with Crippen LogP contribution < -0.4 is 5.32 Å². The summed E-state index contributed by atoms with van der Waals surface area (Å²) in [7, 11) is 0. The molecule has 1 saturated heterocycles. The van der Waals surface area contributed by atoms with Gasteiger partial charge < -0.3 is 5.32 Å². The first-order valence-electron chi connectivity index (χ1n) is 4.31. The highest BCUT2D eigenvalue weighted by molar-refractivity contribution is 9.10. The predicted molar refractivity (Wildman–Crippen MR) is 62.1 cm³/mol. The average molecular weight is 272 g/mol. The smallest absolute Gasteiger partial charge is 0.231 e. The van der Waals surface area contributed by atoms with E-state index >= 15 is 0 Å². The lowest BCUT2D eigenvalue weighted by molar-refractivity contribution is -0.118. The number of hydrogen-bond donors (Lipinski definition) is 1. The molecule has 74 valence electrons. The highest BCUT2D eigenvalue weighted by atomic mass is 79.9. The molecule has 14 heavy (non-hydrogen) atoms. The van der Waals surface area contributed by atoms with Gasteiger partial charge in [0.1, 0.15) is 4.87 Å². The van der Waals surface area contributed by atoms with Crippen molar-refractivity contribution in [3.05, 3.63) is 34.3 Å². The van der Waals surface area contributed by atoms with E-state index in [0.29, 0.717) is 5.75 Å². The van der Waals surface area contributed by atoms with Gasteiger partial charge in [0, 0.05) is 4.47 Å². The molecule has 1 aliphatic rings. The number of carbonyl (C=O) groups excluding carboxylic acids is 1. The molecule has 0 aromatic heterocycles. The molecule has 0 unspecified atom stereocenters. The molecule has 1 amide bonds. The molecule has 0 saturated carbocycles. The summed E-state index contributed by atoms with van der Waals surface area (Å²) in [6.45, 7) is 2.03. The third kappa shape index (κ3) is 1.81. The summed E-state index contributed by atoms with van der Waals surface area (Å²) in [5.74, 6) is 0.660. The normalized spacial score (nSPS) is 26.3. The Kier molecular flexibility index (Phi) is 2.58. The fourth-order valence-corrected chi connectivity index (χ4v) is 2.72. The summed E-state index contributed by atoms with van der Waals surface area (Å²) >= 11 is 5.03. The van der Waals surface area contributed by atoms with Gasteiger partial charge in [-0.1, -0.05) is 28.1 Å². The van der Waals surface area contributed by atoms with Crippen molar-refractivity contribution < 1.29 is 4.79 Å². The van der Waals surface area contributed by atoms with Crippen molar-refractivity contribution in [2.24, 2.45) is 0 Å². The van der Waals surface area contributed by atoms with Gasteiger partial charge in [-0.25, -0.2) is 0 Å². The molecule has 2 rings (SSSR count). The van der Waals surface area contributed by atoms with Crippen LogP contribution in [0.25, 0.3) is 0 Å². The van der Waals surface area contributed by atoms with Crippen molar-refractivity contribution in [2.75, 3.05) is 5.75 Å². The van der Waals surface area contributed by atoms with E-state index in [0.717, 1.165) is 10.0 Å². The Bertz CT molecular complexity index is 365. The maximum Gasteiger partial charge on any atom is 0.231 e. The summed E-state index contributed by atoms with van der Waals surface area (Å²) in [4.78, 5) is 10.9. The summed E-state index contributed by atoms with van der Waals surface area (Å²) in [5, 5.41) is 2.97. The van der Waals surface area contributed by atoms with Crippen LogP contribution in [-0.2, 0) is 9.67 Å². The molecular formula is C10H10BrNOS. The quantitative estimate of drug-likeness (QED) is 0.851. The van der Waals surface area contributed by atoms with Gasteiger partial charge in [-0.15, -0.1) is 11.8 Å². The van der Waals surface area contributed by atoms with Gasteiger partial charge >= 0.3 is 0 Å². The highest BCUT2D eigenvalue weighted by Gasteiger charge is 2.35. The summed E-state index contributed by atoms with van der Waals surface area (Å²) in [5.41, 5.74) is 1.14. The van der Waals surface area contributed by atoms with Crippen LogP contribution in [0, 0.1) is 0 Å². The van der Waals surface area contributed by atoms with E-state index in [9.17, 15) is 4.79 Å². The Morgan fingerprint density at radius 2 is 2.07 bits per heavy atom. The number of nitrogens with one attached hydrogen (secondary N) is 1. The van der Waals surface area contributed by atoms with Gasteiger partial charge in [0.15, 0.2) is 0 Å². The zero-order valence-electron chi connectivity index (χ0n) is 7.71. The van der Waals surface area contributed by atoms with Crippen LogP contribution in [0.2, 0.25) is 0 Å². The third-order valence-corrected chi connectivity index (χ3v) is 4.12. The molecule has 1 aromatic rings. The van der Waals surface area contributed by atoms with E-state index in [-0.39, 0.29) is 10.8 Å². The number of benzene rings is 1. The molecule has 0 aliphatic carbocycles. The van der Waals surface area contributed by atoms with Crippen LogP contribution in [0.1, 0.15) is 12.5 Å². The molecule has 1 aromatic carbocycles. The van der Waals surface area contributed by atoms with Crippen LogP contribution in [0.5, 0.6) is 0 Å². The van der Waals surface area contributed by atoms with Crippen LogP contribution in [0.3, 0.4) is 0 Å². The van der Waals surface area contributed by atoms with Gasteiger partial charge in [0.05, 0.1) is 5.75 Å². The largest absolute Gasteiger partial charge is 0.337 e. The van der Waals surface area contributed by atoms with Gasteiger partial charge in [-0.3, -0.25) is 4.79 Å². The topological polar surface area (TPSA) is 29.1 Å². The molecule has 1 N–H and O–H groups in total. The number of carbonyl (C=O) groups is 1. The van der Waals surface area contributed by atoms with Gasteiger partial charge in [0.2, 0.25) is 5.91 Å². The molecule has 1 fully saturated rings. The van der Waals surface area contributed by atoms with E-state index in [1.165, 1.54) is 0 Å². The molecule has 1 heterocycles. The molecule has 0 spiro atoms. The van der Waals surface area contributed by atoms with Crippen LogP contribution in [-0.4, -0.2) is 11.7 Å². The second-order valence-corrected chi connectivity index (χ2v) is 5.69. The zero-order chi connectivity index (χ0) is 10.2. The minimum Gasteiger partial charge on any atom is -0.337 e. The van der Waals surface area contributed by atoms with Crippen molar-refractivity contribution in [3.8, 4) is 0 Å². The van der Waals surface area contributed by atoms with Crippen molar-refractivity contribution >= 4 is 33.6 Å². The first kappa shape index (κ1) is 10.1. The fourth-order valence-electron chi connectivity index (χ4n) is 1.47. The summed E-state index contributed by atoms with van der Waals surface area (Å²) in [6, 6.07) is 8.04. The Balaban J connectivity index is 2.30. The van der Waals surface area contributed by atoms with Crippen molar-refractivity contribution in [2.45, 2.75) is 11.8 Å². The lowest BCUT2D eigenvalue weighted by atomic mass is 10.1. The van der Waals surface area contributed by atoms with Gasteiger partial charge in [-0.05, 0) is 24.6 Å². The third-order valence-electron chi connectivity index (χ3n) is 2.26. The molecule has 2 nitrogen and oxygen atoms in total. The first-order valence-corrected chi connectivity index (χ1v) is 6.09. The van der Waals surface area contributed by atoms with E-state index in [4.69, 9.17) is 0 Å². The van der Waals surface area contributed by atoms with Gasteiger partial charge in [0.25, 0.3) is 0 Å². The van der Waals surface area contributed by atoms with Crippen molar-refractivity contribution in [1.29, 1.82) is 0 Å². The lowest BCUT2D eigenvalue weighted by Crippen LogP contribution is -2.33. The minimum atomic E-state index is -0.252. The molecule has 1 aliphatic heterocycles. The lowest BCUT2D eigenvalue weighted by Gasteiger charge is -2.23. The Morgan fingerprint density at radius 3 is 2.57 bits per heavy atom. The zero-order valence-corrected chi connectivity index (χ0v) is 10.1. The molecule has 0 radical (unpaired) electrons. The van der Waals surface area contributed by atoms with Crippen molar-refractivity contribution in [3.63, 3.8) is 0 Å². The van der Waals surface area contributed by atoms with Gasteiger partial charge in [-0.2, -0.15) is 0 Å². The van der Waals surface area contributed by atoms with E-state index in [2.05, 4.69) is 21.2 Å². The van der Waals surface area contributed by atoms with E-state index < -0.39 is 0 Å².